The van der Waals surface area contributed by atoms with Crippen LogP contribution in [0.4, 0.5) is 0 Å². The predicted octanol–water partition coefficient (Wildman–Crippen LogP) is 9.14. The third kappa shape index (κ3) is 35.5. The molecule has 1 fully saturated rings. The zero-order chi connectivity index (χ0) is 60.4. The number of nitrogens with zero attached hydrogens (tertiary/aromatic N) is 6. The largest absolute Gasteiger partial charge is 2.00 e. The third-order valence-corrected chi connectivity index (χ3v) is 10.9. The number of carbonyl (C=O) groups excluding carboxylic acids is 4. The molecule has 0 atom stereocenters. The molecule has 14 nitrogen and oxygen atoms in total. The van der Waals surface area contributed by atoms with E-state index in [4.69, 9.17) is 0 Å². The minimum absolute atomic E-state index is 0. The maximum Gasteiger partial charge on any atom is 2.00 e. The number of allylic oxidation sites excluding steroid dienone is 6. The average Bonchev–Trinajstić information content (AvgIpc) is 3.43. The van der Waals surface area contributed by atoms with E-state index in [-0.39, 0.29) is 78.3 Å². The van der Waals surface area contributed by atoms with Crippen LogP contribution in [-0.2, 0) is 42.6 Å². The van der Waals surface area contributed by atoms with Crippen molar-refractivity contribution in [1.29, 1.82) is 0 Å². The molecule has 444 valence electrons. The molecule has 7 rings (SSSR count). The Morgan fingerprint density at radius 1 is 0.366 bits per heavy atom. The molecule has 6 aromatic rings. The van der Waals surface area contributed by atoms with Crippen molar-refractivity contribution in [3.8, 4) is 0 Å². The van der Waals surface area contributed by atoms with E-state index < -0.39 is 44.7 Å². The van der Waals surface area contributed by atoms with Crippen molar-refractivity contribution < 1.29 is 72.6 Å². The number of aromatic nitrogens is 4. The van der Waals surface area contributed by atoms with E-state index in [0.717, 1.165) is 24.3 Å². The summed E-state index contributed by atoms with van der Waals surface area (Å²) in [5, 5.41) is 48.2. The Balaban J connectivity index is 0. The van der Waals surface area contributed by atoms with Crippen LogP contribution < -0.4 is 20.4 Å². The summed E-state index contributed by atoms with van der Waals surface area (Å²) in [4.78, 5) is 68.1. The molecule has 0 spiro atoms. The van der Waals surface area contributed by atoms with Gasteiger partial charge in [-0.05, 0) is 121 Å². The summed E-state index contributed by atoms with van der Waals surface area (Å²) >= 11 is 0. The number of hydrogen-bond donors (Lipinski definition) is 0. The van der Waals surface area contributed by atoms with E-state index in [1.165, 1.54) is 62.6 Å². The summed E-state index contributed by atoms with van der Waals surface area (Å²) in [7, 11) is 4.35. The molecule has 4 aromatic heterocycles. The van der Waals surface area contributed by atoms with E-state index >= 15 is 0 Å². The molecule has 16 heteroatoms. The van der Waals surface area contributed by atoms with Crippen molar-refractivity contribution in [2.75, 3.05) is 40.3 Å². The standard InChI is InChI=1S/2C20H26O4.C6H14N2.4C5H5N.2Ni/c2*1-19(2,3)17(23)11-15(21)13-8-7-9-14(10-13)16(22)12-18(24)20(4,5)6;1-7-3-5-8(2)6-4-7;4*1-2-4-6-5-3-1;;/h2*7-12,21,24H,1-6H3;3-6H2,1-2H3;4*1-5H;;/q;;;;;;;2*+2/p-4/b2*15-11-,18-12-;;;;;;;. The summed E-state index contributed by atoms with van der Waals surface area (Å²) in [6.45, 7) is 25.7. The Morgan fingerprint density at radius 3 is 0.780 bits per heavy atom. The number of hydrogen-bond acceptors (Lipinski definition) is 14. The molecule has 0 aliphatic carbocycles. The number of benzene rings is 2. The van der Waals surface area contributed by atoms with E-state index in [0.29, 0.717) is 0 Å². The maximum absolute atomic E-state index is 12.2. The van der Waals surface area contributed by atoms with Crippen LogP contribution in [-0.4, -0.2) is 93.1 Å². The van der Waals surface area contributed by atoms with Crippen LogP contribution >= 0.6 is 0 Å². The van der Waals surface area contributed by atoms with Crippen LogP contribution in [0.15, 0.2) is 207 Å². The zero-order valence-corrected chi connectivity index (χ0v) is 51.9. The van der Waals surface area contributed by atoms with Crippen LogP contribution in [0.1, 0.15) is 115 Å². The molecule has 0 saturated carbocycles. The summed E-state index contributed by atoms with van der Waals surface area (Å²) in [5.41, 5.74) is -1.59. The SMILES string of the molecule is CC(C)(C)C(=O)/C=C(\[O-])c1cccc(C(=O)/C=C(\[O-])C(C)(C)C)c1.CC(C)(C)C(=O)/C=C(\[O-])c1cccc(C(=O)/C=C(\[O-])C(C)(C)C)c1.CN1CCN(C)CC1.[Ni+2].[Ni+2].c1ccncc1.c1ccncc1.c1ccncc1.c1ccncc1. The number of piperazine rings is 1. The Bertz CT molecular complexity index is 2480. The minimum atomic E-state index is -0.643. The van der Waals surface area contributed by atoms with Crippen LogP contribution in [0.25, 0.3) is 11.5 Å². The van der Waals surface area contributed by atoms with Gasteiger partial charge in [-0.1, -0.05) is 155 Å². The second-order valence-electron chi connectivity index (χ2n) is 22.4. The van der Waals surface area contributed by atoms with Gasteiger partial charge in [0.1, 0.15) is 0 Å². The number of likely N-dealkylation sites (N-methyl/N-ethyl adjacent to an activating group) is 2. The van der Waals surface area contributed by atoms with Crippen LogP contribution in [0, 0.1) is 21.7 Å². The number of carbonyl (C=O) groups is 4. The van der Waals surface area contributed by atoms with Crippen molar-refractivity contribution in [2.45, 2.75) is 83.1 Å². The monoisotopic (exact) mass is 1200 g/mol. The van der Waals surface area contributed by atoms with Crippen molar-refractivity contribution in [1.82, 2.24) is 29.7 Å². The van der Waals surface area contributed by atoms with Crippen LogP contribution in [0.3, 0.4) is 0 Å². The minimum Gasteiger partial charge on any atom is -0.875 e. The van der Waals surface area contributed by atoms with Crippen LogP contribution in [0.2, 0.25) is 0 Å². The Kier molecular flexibility index (Phi) is 37.5. The Hall–Kier alpha value is -7.21. The zero-order valence-electron chi connectivity index (χ0n) is 49.9. The number of ketones is 4. The Labute approximate surface area is 508 Å². The van der Waals surface area contributed by atoms with Gasteiger partial charge in [0.15, 0.2) is 23.1 Å². The van der Waals surface area contributed by atoms with E-state index in [2.05, 4.69) is 43.8 Å². The second kappa shape index (κ2) is 40.1. The van der Waals surface area contributed by atoms with Gasteiger partial charge < -0.3 is 30.2 Å². The van der Waals surface area contributed by atoms with Crippen molar-refractivity contribution >= 4 is 34.7 Å². The number of rotatable bonds is 8. The van der Waals surface area contributed by atoms with Gasteiger partial charge in [-0.15, -0.1) is 11.5 Å². The molecule has 0 radical (unpaired) electrons. The second-order valence-corrected chi connectivity index (χ2v) is 22.4. The molecule has 1 aliphatic heterocycles. The molecule has 5 heterocycles. The first-order valence-corrected chi connectivity index (χ1v) is 26.1. The van der Waals surface area contributed by atoms with Gasteiger partial charge in [0.25, 0.3) is 0 Å². The van der Waals surface area contributed by atoms with E-state index in [1.54, 1.807) is 145 Å². The maximum atomic E-state index is 12.2. The predicted molar refractivity (Wildman–Crippen MR) is 313 cm³/mol. The molecule has 82 heavy (non-hydrogen) atoms. The first kappa shape index (κ1) is 76.9. The summed E-state index contributed by atoms with van der Waals surface area (Å²) in [6, 6.07) is 35.0. The normalized spacial score (nSPS) is 13.0. The van der Waals surface area contributed by atoms with Crippen molar-refractivity contribution in [2.24, 2.45) is 21.7 Å². The molecule has 2 aromatic carbocycles. The molecule has 0 bridgehead atoms. The van der Waals surface area contributed by atoms with Gasteiger partial charge in [-0.3, -0.25) is 39.1 Å². The van der Waals surface area contributed by atoms with Gasteiger partial charge >= 0.3 is 33.0 Å². The van der Waals surface area contributed by atoms with E-state index in [9.17, 15) is 39.6 Å². The van der Waals surface area contributed by atoms with Gasteiger partial charge in [-0.25, -0.2) is 0 Å². The van der Waals surface area contributed by atoms with Crippen molar-refractivity contribution in [3.63, 3.8) is 0 Å². The summed E-state index contributed by atoms with van der Waals surface area (Å²) < 4.78 is 0. The third-order valence-electron chi connectivity index (χ3n) is 10.9. The van der Waals surface area contributed by atoms with Crippen LogP contribution in [0.5, 0.6) is 0 Å². The topological polar surface area (TPSA) is 219 Å². The summed E-state index contributed by atoms with van der Waals surface area (Å²) in [6.07, 6.45) is 18.2. The summed E-state index contributed by atoms with van der Waals surface area (Å²) in [5.74, 6) is -2.92. The van der Waals surface area contributed by atoms with Crippen molar-refractivity contribution in [3.05, 3.63) is 229 Å². The first-order valence-electron chi connectivity index (χ1n) is 26.1. The van der Waals surface area contributed by atoms with Gasteiger partial charge in [0.2, 0.25) is 0 Å². The fourth-order valence-corrected chi connectivity index (χ4v) is 5.48. The molecular weight excluding hydrogens is 1120 g/mol. The molecule has 1 saturated heterocycles. The number of pyridine rings is 4. The molecule has 0 amide bonds. The first-order chi connectivity index (χ1) is 37.4. The fraction of sp³-hybridized carbons (Fsp3) is 0.333. The van der Waals surface area contributed by atoms with Gasteiger partial charge in [0.05, 0.1) is 0 Å². The van der Waals surface area contributed by atoms with E-state index in [1.807, 2.05) is 72.8 Å². The Morgan fingerprint density at radius 2 is 0.598 bits per heavy atom. The smallest absolute Gasteiger partial charge is 0.875 e. The average molecular weight is 1200 g/mol. The van der Waals surface area contributed by atoms with Gasteiger partial charge in [0, 0.05) is 97.7 Å². The quantitative estimate of drug-likeness (QED) is 0.0601. The molecular formula is C66H82N6Ni2O8. The fourth-order valence-electron chi connectivity index (χ4n) is 5.48. The molecule has 0 N–H and O–H groups in total. The molecule has 1 aliphatic rings. The van der Waals surface area contributed by atoms with Gasteiger partial charge in [-0.2, -0.15) is 0 Å². The molecule has 0 unspecified atom stereocenters.